The Labute approximate surface area is 120 Å². The molecular weight excluding hydrogens is 254 g/mol. The summed E-state index contributed by atoms with van der Waals surface area (Å²) in [6.07, 6.45) is 2.03. The number of nitrogen functional groups attached to an aromatic ring is 1. The van der Waals surface area contributed by atoms with Crippen molar-refractivity contribution in [1.29, 1.82) is 0 Å². The number of benzene rings is 1. The van der Waals surface area contributed by atoms with E-state index in [0.29, 0.717) is 17.8 Å². The minimum atomic E-state index is -0.242. The summed E-state index contributed by atoms with van der Waals surface area (Å²) in [6, 6.07) is 5.37. The highest BCUT2D eigenvalue weighted by molar-refractivity contribution is 6.00. The maximum atomic E-state index is 12.4. The van der Waals surface area contributed by atoms with E-state index in [1.165, 1.54) is 0 Å². The lowest BCUT2D eigenvalue weighted by atomic mass is 10.0. The Balaban J connectivity index is 2.10. The van der Waals surface area contributed by atoms with Crippen LogP contribution in [-0.2, 0) is 4.74 Å². The van der Waals surface area contributed by atoms with Gasteiger partial charge in [0.25, 0.3) is 5.91 Å². The Morgan fingerprint density at radius 1 is 1.50 bits per heavy atom. The van der Waals surface area contributed by atoms with Crippen LogP contribution < -0.4 is 16.0 Å². The summed E-state index contributed by atoms with van der Waals surface area (Å²) < 4.78 is 5.68. The third kappa shape index (κ3) is 3.22. The lowest BCUT2D eigenvalue weighted by Crippen LogP contribution is -2.40. The Morgan fingerprint density at radius 2 is 2.25 bits per heavy atom. The van der Waals surface area contributed by atoms with E-state index in [1.807, 2.05) is 32.0 Å². The Hall–Kier alpha value is -1.75. The minimum Gasteiger partial charge on any atom is -0.399 e. The lowest BCUT2D eigenvalue weighted by molar-refractivity contribution is 0.0206. The van der Waals surface area contributed by atoms with Crippen molar-refractivity contribution in [2.75, 3.05) is 37.9 Å². The molecule has 1 aliphatic heterocycles. The van der Waals surface area contributed by atoms with Crippen molar-refractivity contribution in [3.63, 3.8) is 0 Å². The SMILES string of the molecule is CN(C)c1ccc(N)cc1C(=O)NCC1(C)CCCO1. The number of nitrogens with two attached hydrogens (primary N) is 1. The molecule has 1 saturated heterocycles. The number of rotatable bonds is 4. The topological polar surface area (TPSA) is 67.6 Å². The quantitative estimate of drug-likeness (QED) is 0.821. The molecule has 5 heteroatoms. The van der Waals surface area contributed by atoms with Gasteiger partial charge in [0.15, 0.2) is 0 Å². The van der Waals surface area contributed by atoms with Crippen LogP contribution in [0.1, 0.15) is 30.1 Å². The number of nitrogens with one attached hydrogen (secondary N) is 1. The molecule has 20 heavy (non-hydrogen) atoms. The summed E-state index contributed by atoms with van der Waals surface area (Å²) in [5.74, 6) is -0.113. The molecule has 1 heterocycles. The number of hydrogen-bond donors (Lipinski definition) is 2. The van der Waals surface area contributed by atoms with Crippen LogP contribution >= 0.6 is 0 Å². The zero-order valence-electron chi connectivity index (χ0n) is 12.4. The second-order valence-corrected chi connectivity index (χ2v) is 5.76. The van der Waals surface area contributed by atoms with E-state index in [1.54, 1.807) is 12.1 Å². The van der Waals surface area contributed by atoms with Crippen LogP contribution in [-0.4, -0.2) is 38.8 Å². The standard InChI is InChI=1S/C15H23N3O2/c1-15(7-4-8-20-15)10-17-14(19)12-9-11(16)5-6-13(12)18(2)3/h5-6,9H,4,7-8,10,16H2,1-3H3,(H,17,19). The first-order valence-electron chi connectivity index (χ1n) is 6.90. The zero-order valence-corrected chi connectivity index (χ0v) is 12.4. The summed E-state index contributed by atoms with van der Waals surface area (Å²) in [6.45, 7) is 3.33. The minimum absolute atomic E-state index is 0.113. The van der Waals surface area contributed by atoms with E-state index in [4.69, 9.17) is 10.5 Å². The molecule has 1 fully saturated rings. The number of anilines is 2. The number of carbonyl (C=O) groups excluding carboxylic acids is 1. The summed E-state index contributed by atoms with van der Waals surface area (Å²) in [5.41, 5.74) is 7.58. The maximum absolute atomic E-state index is 12.4. The van der Waals surface area contributed by atoms with Crippen LogP contribution in [0.25, 0.3) is 0 Å². The second-order valence-electron chi connectivity index (χ2n) is 5.76. The monoisotopic (exact) mass is 277 g/mol. The predicted octanol–water partition coefficient (Wildman–Crippen LogP) is 1.63. The molecule has 110 valence electrons. The number of ether oxygens (including phenoxy) is 1. The van der Waals surface area contributed by atoms with E-state index in [-0.39, 0.29) is 11.5 Å². The van der Waals surface area contributed by atoms with Gasteiger partial charge in [-0.3, -0.25) is 4.79 Å². The van der Waals surface area contributed by atoms with Crippen molar-refractivity contribution < 1.29 is 9.53 Å². The molecule has 0 radical (unpaired) electrons. The molecule has 3 N–H and O–H groups in total. The van der Waals surface area contributed by atoms with Crippen molar-refractivity contribution in [2.45, 2.75) is 25.4 Å². The van der Waals surface area contributed by atoms with Crippen molar-refractivity contribution in [1.82, 2.24) is 5.32 Å². The van der Waals surface area contributed by atoms with Gasteiger partial charge in [-0.2, -0.15) is 0 Å². The summed E-state index contributed by atoms with van der Waals surface area (Å²) in [5, 5.41) is 2.96. The average molecular weight is 277 g/mol. The Kier molecular flexibility index (Phi) is 4.18. The number of nitrogens with zero attached hydrogens (tertiary/aromatic N) is 1. The van der Waals surface area contributed by atoms with Gasteiger partial charge in [-0.15, -0.1) is 0 Å². The molecule has 0 aromatic heterocycles. The molecule has 0 saturated carbocycles. The third-order valence-electron chi connectivity index (χ3n) is 3.67. The molecule has 1 aromatic carbocycles. The van der Waals surface area contributed by atoms with E-state index in [0.717, 1.165) is 25.1 Å². The van der Waals surface area contributed by atoms with Gasteiger partial charge >= 0.3 is 0 Å². The molecular formula is C15H23N3O2. The predicted molar refractivity (Wildman–Crippen MR) is 81.1 cm³/mol. The average Bonchev–Trinajstić information content (AvgIpc) is 2.83. The molecule has 1 aromatic rings. The van der Waals surface area contributed by atoms with E-state index < -0.39 is 0 Å². The van der Waals surface area contributed by atoms with Gasteiger partial charge in [0.2, 0.25) is 0 Å². The molecule has 0 spiro atoms. The molecule has 1 unspecified atom stereocenters. The fourth-order valence-corrected chi connectivity index (χ4v) is 2.46. The molecule has 5 nitrogen and oxygen atoms in total. The number of hydrogen-bond acceptors (Lipinski definition) is 4. The van der Waals surface area contributed by atoms with E-state index in [2.05, 4.69) is 5.32 Å². The van der Waals surface area contributed by atoms with Crippen LogP contribution in [0.5, 0.6) is 0 Å². The zero-order chi connectivity index (χ0) is 14.8. The van der Waals surface area contributed by atoms with Gasteiger partial charge < -0.3 is 20.7 Å². The number of amides is 1. The fourth-order valence-electron chi connectivity index (χ4n) is 2.46. The highest BCUT2D eigenvalue weighted by Crippen LogP contribution is 2.25. The third-order valence-corrected chi connectivity index (χ3v) is 3.67. The van der Waals surface area contributed by atoms with Gasteiger partial charge in [0, 0.05) is 38.6 Å². The Bertz CT molecular complexity index is 494. The van der Waals surface area contributed by atoms with Gasteiger partial charge in [-0.25, -0.2) is 0 Å². The first-order valence-corrected chi connectivity index (χ1v) is 6.90. The molecule has 2 rings (SSSR count). The van der Waals surface area contributed by atoms with E-state index in [9.17, 15) is 4.79 Å². The number of carbonyl (C=O) groups is 1. The first kappa shape index (κ1) is 14.7. The van der Waals surface area contributed by atoms with Gasteiger partial charge in [0.1, 0.15) is 0 Å². The molecule has 1 atom stereocenters. The van der Waals surface area contributed by atoms with Crippen molar-refractivity contribution in [3.05, 3.63) is 23.8 Å². The normalized spacial score (nSPS) is 21.8. The fraction of sp³-hybridized carbons (Fsp3) is 0.533. The summed E-state index contributed by atoms with van der Waals surface area (Å²) in [4.78, 5) is 14.3. The molecule has 0 bridgehead atoms. The summed E-state index contributed by atoms with van der Waals surface area (Å²) in [7, 11) is 3.81. The van der Waals surface area contributed by atoms with Crippen molar-refractivity contribution in [2.24, 2.45) is 0 Å². The van der Waals surface area contributed by atoms with Crippen molar-refractivity contribution >= 4 is 17.3 Å². The van der Waals surface area contributed by atoms with Gasteiger partial charge in [-0.05, 0) is 38.0 Å². The summed E-state index contributed by atoms with van der Waals surface area (Å²) >= 11 is 0. The molecule has 1 aliphatic rings. The van der Waals surface area contributed by atoms with Crippen LogP contribution in [0.2, 0.25) is 0 Å². The van der Waals surface area contributed by atoms with Crippen molar-refractivity contribution in [3.8, 4) is 0 Å². The van der Waals surface area contributed by atoms with Crippen LogP contribution in [0.3, 0.4) is 0 Å². The highest BCUT2D eigenvalue weighted by Gasteiger charge is 2.30. The molecule has 0 aliphatic carbocycles. The first-order chi connectivity index (χ1) is 9.41. The lowest BCUT2D eigenvalue weighted by Gasteiger charge is -2.24. The smallest absolute Gasteiger partial charge is 0.253 e. The Morgan fingerprint density at radius 3 is 2.85 bits per heavy atom. The highest BCUT2D eigenvalue weighted by atomic mass is 16.5. The van der Waals surface area contributed by atoms with Crippen LogP contribution in [0.15, 0.2) is 18.2 Å². The molecule has 1 amide bonds. The second kappa shape index (κ2) is 5.71. The maximum Gasteiger partial charge on any atom is 0.253 e. The largest absolute Gasteiger partial charge is 0.399 e. The van der Waals surface area contributed by atoms with Gasteiger partial charge in [-0.1, -0.05) is 0 Å². The van der Waals surface area contributed by atoms with Crippen LogP contribution in [0, 0.1) is 0 Å². The van der Waals surface area contributed by atoms with Crippen LogP contribution in [0.4, 0.5) is 11.4 Å². The van der Waals surface area contributed by atoms with Gasteiger partial charge in [0.05, 0.1) is 11.2 Å². The van der Waals surface area contributed by atoms with E-state index >= 15 is 0 Å².